The van der Waals surface area contributed by atoms with Gasteiger partial charge in [0, 0.05) is 0 Å². The summed E-state index contributed by atoms with van der Waals surface area (Å²) in [5.74, 6) is -0.722. The molecule has 1 fully saturated rings. The van der Waals surface area contributed by atoms with Crippen LogP contribution in [-0.2, 0) is 0 Å². The van der Waals surface area contributed by atoms with Gasteiger partial charge in [-0.25, -0.2) is 13.2 Å². The Kier molecular flexibility index (Phi) is 4.45. The number of hydrogen-bond acceptors (Lipinski definition) is 0. The predicted molar refractivity (Wildman–Crippen MR) is 65.9 cm³/mol. The summed E-state index contributed by atoms with van der Waals surface area (Å²) in [6.45, 7) is 0. The minimum Gasteiger partial charge on any atom is -0.216 e. The van der Waals surface area contributed by atoms with E-state index in [-0.39, 0.29) is 0 Å². The number of hydrogen-bond donors (Lipinski definition) is 0. The van der Waals surface area contributed by atoms with E-state index in [1.807, 2.05) is 0 Å². The normalized spacial score (nSPS) is 24.6. The van der Waals surface area contributed by atoms with Crippen LogP contribution in [0.4, 0.5) is 13.2 Å². The molecule has 0 aliphatic heterocycles. The fourth-order valence-corrected chi connectivity index (χ4v) is 2.74. The fraction of sp³-hybridized carbons (Fsp3) is 0.467. The van der Waals surface area contributed by atoms with Gasteiger partial charge in [0.1, 0.15) is 0 Å². The van der Waals surface area contributed by atoms with Crippen LogP contribution in [0.5, 0.6) is 0 Å². The van der Waals surface area contributed by atoms with E-state index >= 15 is 0 Å². The van der Waals surface area contributed by atoms with Crippen LogP contribution in [0, 0.1) is 17.6 Å². The highest BCUT2D eigenvalue weighted by Gasteiger charge is 2.22. The van der Waals surface area contributed by atoms with Crippen LogP contribution < -0.4 is 0 Å². The molecule has 0 N–H and O–H groups in total. The molecule has 0 amide bonds. The van der Waals surface area contributed by atoms with Crippen molar-refractivity contribution >= 4 is 0 Å². The molecule has 18 heavy (non-hydrogen) atoms. The van der Waals surface area contributed by atoms with Crippen LogP contribution in [0.15, 0.2) is 30.6 Å². The van der Waals surface area contributed by atoms with Gasteiger partial charge in [0.2, 0.25) is 0 Å². The topological polar surface area (TPSA) is 0 Å². The van der Waals surface area contributed by atoms with Gasteiger partial charge in [-0.15, -0.1) is 0 Å². The van der Waals surface area contributed by atoms with E-state index in [1.54, 1.807) is 12.1 Å². The van der Waals surface area contributed by atoms with Gasteiger partial charge in [-0.3, -0.25) is 0 Å². The van der Waals surface area contributed by atoms with Crippen molar-refractivity contribution in [3.8, 4) is 0 Å². The van der Waals surface area contributed by atoms with Crippen LogP contribution in [0.3, 0.4) is 0 Å². The van der Waals surface area contributed by atoms with E-state index in [1.165, 1.54) is 12.1 Å². The zero-order valence-corrected chi connectivity index (χ0v) is 10.2. The molecule has 0 nitrogen and oxygen atoms in total. The highest BCUT2D eigenvalue weighted by Crippen LogP contribution is 2.37. The Hall–Kier alpha value is -1.25. The summed E-state index contributed by atoms with van der Waals surface area (Å²) >= 11 is 0. The molecule has 0 spiro atoms. The van der Waals surface area contributed by atoms with E-state index in [0.717, 1.165) is 37.7 Å². The fourth-order valence-electron chi connectivity index (χ4n) is 2.74. The van der Waals surface area contributed by atoms with Gasteiger partial charge in [-0.2, -0.15) is 0 Å². The Bertz CT molecular complexity index is 418. The number of allylic oxidation sites excluding steroid dienone is 1. The van der Waals surface area contributed by atoms with Crippen LogP contribution in [0.25, 0.3) is 0 Å². The van der Waals surface area contributed by atoms with Crippen molar-refractivity contribution in [2.75, 3.05) is 0 Å². The second kappa shape index (κ2) is 6.07. The molecule has 0 radical (unpaired) electrons. The first-order chi connectivity index (χ1) is 8.70. The van der Waals surface area contributed by atoms with Crippen molar-refractivity contribution in [1.29, 1.82) is 0 Å². The van der Waals surface area contributed by atoms with Gasteiger partial charge in [0.15, 0.2) is 11.6 Å². The van der Waals surface area contributed by atoms with Gasteiger partial charge in [0.05, 0.1) is 6.33 Å². The Morgan fingerprint density at radius 1 is 1.06 bits per heavy atom. The van der Waals surface area contributed by atoms with Gasteiger partial charge in [-0.05, 0) is 61.6 Å². The summed E-state index contributed by atoms with van der Waals surface area (Å²) in [5.41, 5.74) is 0.883. The summed E-state index contributed by atoms with van der Waals surface area (Å²) in [6, 6.07) is 4.18. The third kappa shape index (κ3) is 3.15. The summed E-state index contributed by atoms with van der Waals surface area (Å²) in [7, 11) is 0. The second-order valence-corrected chi connectivity index (χ2v) is 4.99. The molecule has 0 unspecified atom stereocenters. The van der Waals surface area contributed by atoms with Crippen LogP contribution in [0.1, 0.15) is 43.6 Å². The van der Waals surface area contributed by atoms with E-state index < -0.39 is 11.6 Å². The standard InChI is InChI=1S/C15H17F3/c16-9-1-2-11-3-5-12(6-4-11)13-7-8-14(17)15(18)10-13/h1,7-12H,2-6H2. The zero-order valence-electron chi connectivity index (χ0n) is 10.2. The molecule has 1 saturated carbocycles. The Morgan fingerprint density at radius 3 is 2.39 bits per heavy atom. The number of rotatable bonds is 3. The van der Waals surface area contributed by atoms with E-state index in [4.69, 9.17) is 0 Å². The first-order valence-corrected chi connectivity index (χ1v) is 6.41. The van der Waals surface area contributed by atoms with Gasteiger partial charge in [0.25, 0.3) is 0 Å². The zero-order chi connectivity index (χ0) is 13.0. The number of benzene rings is 1. The van der Waals surface area contributed by atoms with E-state index in [9.17, 15) is 13.2 Å². The molecular formula is C15H17F3. The minimum atomic E-state index is -0.791. The molecular weight excluding hydrogens is 237 g/mol. The summed E-state index contributed by atoms with van der Waals surface area (Å²) in [4.78, 5) is 0. The summed E-state index contributed by atoms with van der Waals surface area (Å²) in [5, 5.41) is 0. The molecule has 0 atom stereocenters. The Labute approximate surface area is 106 Å². The maximum atomic E-state index is 13.2. The average molecular weight is 254 g/mol. The monoisotopic (exact) mass is 254 g/mol. The third-order valence-electron chi connectivity index (χ3n) is 3.82. The van der Waals surface area contributed by atoms with Gasteiger partial charge in [-0.1, -0.05) is 12.1 Å². The van der Waals surface area contributed by atoms with Crippen LogP contribution >= 0.6 is 0 Å². The molecule has 1 aromatic carbocycles. The smallest absolute Gasteiger partial charge is 0.159 e. The maximum absolute atomic E-state index is 13.2. The molecule has 98 valence electrons. The minimum absolute atomic E-state index is 0.311. The summed E-state index contributed by atoms with van der Waals surface area (Å²) in [6.07, 6.45) is 6.92. The van der Waals surface area contributed by atoms with Crippen molar-refractivity contribution in [1.82, 2.24) is 0 Å². The third-order valence-corrected chi connectivity index (χ3v) is 3.82. The van der Waals surface area contributed by atoms with Crippen molar-refractivity contribution in [2.45, 2.75) is 38.0 Å². The van der Waals surface area contributed by atoms with Gasteiger partial charge >= 0.3 is 0 Å². The van der Waals surface area contributed by atoms with E-state index in [2.05, 4.69) is 0 Å². The quantitative estimate of drug-likeness (QED) is 0.703. The number of halogens is 3. The van der Waals surface area contributed by atoms with Crippen LogP contribution in [0.2, 0.25) is 0 Å². The van der Waals surface area contributed by atoms with Crippen molar-refractivity contribution in [3.05, 3.63) is 47.8 Å². The molecule has 0 saturated heterocycles. The lowest BCUT2D eigenvalue weighted by Gasteiger charge is -2.28. The van der Waals surface area contributed by atoms with Crippen molar-refractivity contribution < 1.29 is 13.2 Å². The van der Waals surface area contributed by atoms with Crippen molar-refractivity contribution in [3.63, 3.8) is 0 Å². The molecule has 1 aliphatic rings. The Morgan fingerprint density at radius 2 is 1.78 bits per heavy atom. The lowest BCUT2D eigenvalue weighted by atomic mass is 9.77. The molecule has 3 heteroatoms. The second-order valence-electron chi connectivity index (χ2n) is 4.99. The van der Waals surface area contributed by atoms with Crippen LogP contribution in [-0.4, -0.2) is 0 Å². The average Bonchev–Trinajstić information content (AvgIpc) is 2.40. The lowest BCUT2D eigenvalue weighted by molar-refractivity contribution is 0.327. The molecule has 2 rings (SSSR count). The van der Waals surface area contributed by atoms with Gasteiger partial charge < -0.3 is 0 Å². The molecule has 0 heterocycles. The van der Waals surface area contributed by atoms with E-state index in [0.29, 0.717) is 18.2 Å². The summed E-state index contributed by atoms with van der Waals surface area (Å²) < 4.78 is 37.9. The highest BCUT2D eigenvalue weighted by molar-refractivity contribution is 5.22. The molecule has 1 aromatic rings. The Balaban J connectivity index is 1.94. The first kappa shape index (κ1) is 13.2. The first-order valence-electron chi connectivity index (χ1n) is 6.41. The molecule has 0 bridgehead atoms. The highest BCUT2D eigenvalue weighted by atomic mass is 19.2. The lowest BCUT2D eigenvalue weighted by Crippen LogP contribution is -2.13. The van der Waals surface area contributed by atoms with Crippen molar-refractivity contribution in [2.24, 2.45) is 5.92 Å². The largest absolute Gasteiger partial charge is 0.216 e. The SMILES string of the molecule is FC=CCC1CCC(c2ccc(F)c(F)c2)CC1. The molecule has 0 aromatic heterocycles. The molecule has 1 aliphatic carbocycles. The maximum Gasteiger partial charge on any atom is 0.159 e. The predicted octanol–water partition coefficient (Wildman–Crippen LogP) is 5.11.